The molecule has 0 spiro atoms. The molecule has 0 atom stereocenters. The minimum absolute atomic E-state index is 0.498. The molecule has 0 heterocycles. The third-order valence-electron chi connectivity index (χ3n) is 2.88. The summed E-state index contributed by atoms with van der Waals surface area (Å²) in [6.45, 7) is 3.85. The number of hydrogen-bond donors (Lipinski definition) is 1. The van der Waals surface area contributed by atoms with Crippen LogP contribution in [0.3, 0.4) is 0 Å². The molecule has 1 N–H and O–H groups in total. The van der Waals surface area contributed by atoms with Crippen LogP contribution in [0.2, 0.25) is 10.0 Å². The second kappa shape index (κ2) is 8.04. The van der Waals surface area contributed by atoms with Crippen molar-refractivity contribution in [1.82, 2.24) is 5.32 Å². The van der Waals surface area contributed by atoms with Crippen LogP contribution in [0.5, 0.6) is 11.5 Å². The molecule has 21 heavy (non-hydrogen) atoms. The summed E-state index contributed by atoms with van der Waals surface area (Å²) in [5.74, 6) is 1.38. The molecule has 0 bridgehead atoms. The molecule has 0 saturated carbocycles. The summed E-state index contributed by atoms with van der Waals surface area (Å²) in [6, 6.07) is 11.1. The third-order valence-corrected chi connectivity index (χ3v) is 3.90. The maximum absolute atomic E-state index is 6.16. The summed E-state index contributed by atoms with van der Waals surface area (Å²) in [7, 11) is 0. The molecular weight excluding hydrogens is 373 g/mol. The van der Waals surface area contributed by atoms with E-state index in [2.05, 4.69) is 28.2 Å². The van der Waals surface area contributed by atoms with Crippen LogP contribution in [0, 0.1) is 0 Å². The van der Waals surface area contributed by atoms with Gasteiger partial charge in [-0.25, -0.2) is 0 Å². The van der Waals surface area contributed by atoms with Crippen molar-refractivity contribution in [3.05, 3.63) is 56.5 Å². The average molecular weight is 389 g/mol. The first kappa shape index (κ1) is 16.6. The second-order valence-electron chi connectivity index (χ2n) is 4.61. The van der Waals surface area contributed by atoms with E-state index >= 15 is 0 Å². The highest BCUT2D eigenvalue weighted by Gasteiger charge is 2.09. The van der Waals surface area contributed by atoms with E-state index in [1.807, 2.05) is 18.2 Å². The summed E-state index contributed by atoms with van der Waals surface area (Å²) in [6.07, 6.45) is 1.09. The van der Waals surface area contributed by atoms with Gasteiger partial charge in [0.1, 0.15) is 11.5 Å². The number of rotatable bonds is 6. The van der Waals surface area contributed by atoms with Gasteiger partial charge < -0.3 is 10.1 Å². The van der Waals surface area contributed by atoms with Crippen molar-refractivity contribution >= 4 is 39.1 Å². The van der Waals surface area contributed by atoms with Gasteiger partial charge in [0, 0.05) is 21.6 Å². The van der Waals surface area contributed by atoms with E-state index in [1.54, 1.807) is 18.2 Å². The van der Waals surface area contributed by atoms with Gasteiger partial charge in [-0.15, -0.1) is 0 Å². The van der Waals surface area contributed by atoms with E-state index in [9.17, 15) is 0 Å². The van der Waals surface area contributed by atoms with Crippen LogP contribution in [0.4, 0.5) is 0 Å². The summed E-state index contributed by atoms with van der Waals surface area (Å²) in [5, 5.41) is 4.46. The number of hydrogen-bond acceptors (Lipinski definition) is 2. The second-order valence-corrected chi connectivity index (χ2v) is 6.36. The average Bonchev–Trinajstić information content (AvgIpc) is 2.44. The van der Waals surface area contributed by atoms with Gasteiger partial charge in [-0.3, -0.25) is 0 Å². The highest BCUT2D eigenvalue weighted by Crippen LogP contribution is 2.34. The van der Waals surface area contributed by atoms with Gasteiger partial charge in [-0.05, 0) is 49.4 Å². The van der Waals surface area contributed by atoms with Crippen molar-refractivity contribution in [2.75, 3.05) is 6.54 Å². The molecule has 2 aromatic carbocycles. The highest BCUT2D eigenvalue weighted by atomic mass is 79.9. The predicted octanol–water partition coefficient (Wildman–Crippen LogP) is 6.05. The number of nitrogens with one attached hydrogen (secondary N) is 1. The molecule has 5 heteroatoms. The number of halogens is 3. The summed E-state index contributed by atoms with van der Waals surface area (Å²) >= 11 is 15.5. The van der Waals surface area contributed by atoms with Crippen LogP contribution in [0.15, 0.2) is 40.9 Å². The fourth-order valence-electron chi connectivity index (χ4n) is 1.86. The van der Waals surface area contributed by atoms with Gasteiger partial charge in [0.05, 0.1) is 5.02 Å². The van der Waals surface area contributed by atoms with E-state index in [0.717, 1.165) is 35.3 Å². The Morgan fingerprint density at radius 2 is 1.86 bits per heavy atom. The van der Waals surface area contributed by atoms with Gasteiger partial charge in [0.2, 0.25) is 0 Å². The predicted molar refractivity (Wildman–Crippen MR) is 92.7 cm³/mol. The summed E-state index contributed by atoms with van der Waals surface area (Å²) in [5.41, 5.74) is 1.07. The highest BCUT2D eigenvalue weighted by molar-refractivity contribution is 9.10. The SMILES string of the molecule is CCCNCc1cc(Br)ccc1Oc1ccc(Cl)cc1Cl. The maximum Gasteiger partial charge on any atom is 0.146 e. The Morgan fingerprint density at radius 1 is 1.10 bits per heavy atom. The molecule has 0 radical (unpaired) electrons. The topological polar surface area (TPSA) is 21.3 Å². The van der Waals surface area contributed by atoms with Gasteiger partial charge in [-0.2, -0.15) is 0 Å². The third kappa shape index (κ3) is 4.89. The van der Waals surface area contributed by atoms with Crippen molar-refractivity contribution in [3.63, 3.8) is 0 Å². The lowest BCUT2D eigenvalue weighted by Crippen LogP contribution is -2.14. The van der Waals surface area contributed by atoms with Crippen LogP contribution >= 0.6 is 39.1 Å². The van der Waals surface area contributed by atoms with Crippen molar-refractivity contribution in [2.45, 2.75) is 19.9 Å². The lowest BCUT2D eigenvalue weighted by Gasteiger charge is -2.13. The normalized spacial score (nSPS) is 10.7. The zero-order valence-electron chi connectivity index (χ0n) is 11.6. The Kier molecular flexibility index (Phi) is 6.37. The molecule has 0 saturated heterocycles. The number of benzene rings is 2. The van der Waals surface area contributed by atoms with Crippen molar-refractivity contribution in [2.24, 2.45) is 0 Å². The molecule has 2 rings (SSSR count). The van der Waals surface area contributed by atoms with Crippen LogP contribution in [-0.2, 0) is 6.54 Å². The minimum Gasteiger partial charge on any atom is -0.455 e. The van der Waals surface area contributed by atoms with Crippen LogP contribution in [0.25, 0.3) is 0 Å². The molecule has 0 aromatic heterocycles. The lowest BCUT2D eigenvalue weighted by atomic mass is 10.2. The fourth-order valence-corrected chi connectivity index (χ4v) is 2.72. The van der Waals surface area contributed by atoms with Gasteiger partial charge >= 0.3 is 0 Å². The van der Waals surface area contributed by atoms with Crippen LogP contribution in [-0.4, -0.2) is 6.54 Å². The molecule has 0 unspecified atom stereocenters. The molecular formula is C16H16BrCl2NO. The molecule has 2 nitrogen and oxygen atoms in total. The van der Waals surface area contributed by atoms with Crippen molar-refractivity contribution in [1.29, 1.82) is 0 Å². The quantitative estimate of drug-likeness (QED) is 0.608. The Bertz CT molecular complexity index is 619. The van der Waals surface area contributed by atoms with E-state index in [1.165, 1.54) is 0 Å². The first-order valence-corrected chi connectivity index (χ1v) is 8.27. The minimum atomic E-state index is 0.498. The first-order chi connectivity index (χ1) is 10.1. The molecule has 0 amide bonds. The molecule has 112 valence electrons. The van der Waals surface area contributed by atoms with Gasteiger partial charge in [-0.1, -0.05) is 46.1 Å². The van der Waals surface area contributed by atoms with Crippen LogP contribution in [0.1, 0.15) is 18.9 Å². The van der Waals surface area contributed by atoms with E-state index < -0.39 is 0 Å². The molecule has 2 aromatic rings. The van der Waals surface area contributed by atoms with E-state index in [0.29, 0.717) is 15.8 Å². The summed E-state index contributed by atoms with van der Waals surface area (Å²) < 4.78 is 6.95. The van der Waals surface area contributed by atoms with Crippen molar-refractivity contribution in [3.8, 4) is 11.5 Å². The largest absolute Gasteiger partial charge is 0.455 e. The molecule has 0 aliphatic carbocycles. The summed E-state index contributed by atoms with van der Waals surface area (Å²) in [4.78, 5) is 0. The lowest BCUT2D eigenvalue weighted by molar-refractivity contribution is 0.473. The standard InChI is InChI=1S/C16H16BrCl2NO/c1-2-7-20-10-11-8-12(17)3-5-15(11)21-16-6-4-13(18)9-14(16)19/h3-6,8-9,20H,2,7,10H2,1H3. The Morgan fingerprint density at radius 3 is 2.57 bits per heavy atom. The smallest absolute Gasteiger partial charge is 0.146 e. The van der Waals surface area contributed by atoms with E-state index in [4.69, 9.17) is 27.9 Å². The first-order valence-electron chi connectivity index (χ1n) is 6.72. The van der Waals surface area contributed by atoms with Crippen molar-refractivity contribution < 1.29 is 4.74 Å². The number of ether oxygens (including phenoxy) is 1. The molecule has 0 aliphatic heterocycles. The Hall–Kier alpha value is -0.740. The maximum atomic E-state index is 6.16. The van der Waals surface area contributed by atoms with Gasteiger partial charge in [0.15, 0.2) is 0 Å². The zero-order chi connectivity index (χ0) is 15.2. The fraction of sp³-hybridized carbons (Fsp3) is 0.250. The Balaban J connectivity index is 2.22. The monoisotopic (exact) mass is 387 g/mol. The molecule has 0 fully saturated rings. The zero-order valence-corrected chi connectivity index (χ0v) is 14.7. The molecule has 0 aliphatic rings. The van der Waals surface area contributed by atoms with E-state index in [-0.39, 0.29) is 0 Å². The Labute approximate surface area is 143 Å². The van der Waals surface area contributed by atoms with Gasteiger partial charge in [0.25, 0.3) is 0 Å². The van der Waals surface area contributed by atoms with Crippen LogP contribution < -0.4 is 10.1 Å².